The molecule has 2 aromatic rings. The molecule has 6 nitrogen and oxygen atoms in total. The maximum Gasteiger partial charge on any atom is 0.193 e. The van der Waals surface area contributed by atoms with Gasteiger partial charge in [-0.15, -0.1) is 0 Å². The zero-order valence-electron chi connectivity index (χ0n) is 17.4. The summed E-state index contributed by atoms with van der Waals surface area (Å²) in [6, 6.07) is 12.2. The number of aromatic nitrogens is 2. The summed E-state index contributed by atoms with van der Waals surface area (Å²) < 4.78 is 8.18. The molecule has 0 saturated carbocycles. The molecule has 0 bridgehead atoms. The number of nitrogens with zero attached hydrogens (tertiary/aromatic N) is 4. The highest BCUT2D eigenvalue weighted by Crippen LogP contribution is 2.18. The van der Waals surface area contributed by atoms with Crippen LogP contribution in [0.25, 0.3) is 0 Å². The van der Waals surface area contributed by atoms with Gasteiger partial charge in [0.2, 0.25) is 0 Å². The summed E-state index contributed by atoms with van der Waals surface area (Å²) >= 11 is 0. The number of aryl methyl sites for hydroxylation is 3. The van der Waals surface area contributed by atoms with Crippen molar-refractivity contribution in [3.05, 3.63) is 47.8 Å². The Bertz CT molecular complexity index is 748. The van der Waals surface area contributed by atoms with Gasteiger partial charge >= 0.3 is 0 Å². The van der Waals surface area contributed by atoms with Crippen molar-refractivity contribution in [2.45, 2.75) is 52.7 Å². The zero-order valence-corrected chi connectivity index (χ0v) is 17.4. The second kappa shape index (κ2) is 10.2. The molecule has 0 unspecified atom stereocenters. The van der Waals surface area contributed by atoms with E-state index in [0.717, 1.165) is 69.4 Å². The molecule has 3 rings (SSSR count). The predicted molar refractivity (Wildman–Crippen MR) is 114 cm³/mol. The first-order chi connectivity index (χ1) is 13.7. The number of guanidine groups is 1. The summed E-state index contributed by atoms with van der Waals surface area (Å²) in [7, 11) is 0. The fourth-order valence-electron chi connectivity index (χ4n) is 3.61. The van der Waals surface area contributed by atoms with Crippen LogP contribution in [0.5, 0.6) is 5.75 Å². The Labute approximate surface area is 168 Å². The van der Waals surface area contributed by atoms with Crippen molar-refractivity contribution in [2.75, 3.05) is 26.2 Å². The summed E-state index contributed by atoms with van der Waals surface area (Å²) in [6.45, 7) is 10.8. The average Bonchev–Trinajstić information content (AvgIpc) is 3.03. The zero-order chi connectivity index (χ0) is 19.8. The van der Waals surface area contributed by atoms with Crippen LogP contribution in [0.4, 0.5) is 0 Å². The van der Waals surface area contributed by atoms with E-state index in [2.05, 4.69) is 39.9 Å². The number of piperidine rings is 1. The van der Waals surface area contributed by atoms with Gasteiger partial charge in [-0.05, 0) is 45.4 Å². The second-order valence-corrected chi connectivity index (χ2v) is 7.36. The topological polar surface area (TPSA) is 54.7 Å². The third-order valence-electron chi connectivity index (χ3n) is 5.02. The molecule has 6 heteroatoms. The normalized spacial score (nSPS) is 15.7. The highest BCUT2D eigenvalue weighted by Gasteiger charge is 2.22. The number of ether oxygens (including phenoxy) is 1. The van der Waals surface area contributed by atoms with E-state index in [4.69, 9.17) is 9.73 Å². The first kappa shape index (κ1) is 20.2. The van der Waals surface area contributed by atoms with Crippen LogP contribution in [0.2, 0.25) is 0 Å². The lowest BCUT2D eigenvalue weighted by Crippen LogP contribution is -2.47. The van der Waals surface area contributed by atoms with E-state index in [1.807, 2.05) is 37.3 Å². The van der Waals surface area contributed by atoms with Crippen LogP contribution in [0.1, 0.15) is 37.6 Å². The van der Waals surface area contributed by atoms with Crippen molar-refractivity contribution in [3.8, 4) is 5.75 Å². The summed E-state index contributed by atoms with van der Waals surface area (Å²) in [5.41, 5.74) is 2.30. The molecule has 0 amide bonds. The van der Waals surface area contributed by atoms with Crippen LogP contribution < -0.4 is 10.1 Å². The van der Waals surface area contributed by atoms with Crippen LogP contribution in [0.15, 0.2) is 41.4 Å². The van der Waals surface area contributed by atoms with Gasteiger partial charge in [0.05, 0.1) is 5.69 Å². The molecule has 0 atom stereocenters. The van der Waals surface area contributed by atoms with Crippen molar-refractivity contribution in [1.29, 1.82) is 0 Å². The maximum absolute atomic E-state index is 6.11. The summed E-state index contributed by atoms with van der Waals surface area (Å²) in [6.07, 6.45) is 3.31. The Morgan fingerprint density at radius 3 is 2.61 bits per heavy atom. The molecule has 1 fully saturated rings. The SMILES string of the molecule is CCNC(=NCCCn1nc(C)cc1C)N1CCC(Oc2ccccc2)CC1. The molecule has 1 saturated heterocycles. The quantitative estimate of drug-likeness (QED) is 0.452. The van der Waals surface area contributed by atoms with Crippen LogP contribution >= 0.6 is 0 Å². The van der Waals surface area contributed by atoms with Crippen LogP contribution in [0.3, 0.4) is 0 Å². The van der Waals surface area contributed by atoms with Gasteiger partial charge in [0.15, 0.2) is 5.96 Å². The molecule has 28 heavy (non-hydrogen) atoms. The Hall–Kier alpha value is -2.50. The molecule has 1 N–H and O–H groups in total. The highest BCUT2D eigenvalue weighted by molar-refractivity contribution is 5.80. The Morgan fingerprint density at radius 2 is 1.96 bits per heavy atom. The molecule has 2 heterocycles. The lowest BCUT2D eigenvalue weighted by Gasteiger charge is -2.34. The minimum absolute atomic E-state index is 0.285. The molecule has 1 aromatic heterocycles. The average molecular weight is 384 g/mol. The van der Waals surface area contributed by atoms with Gasteiger partial charge in [-0.2, -0.15) is 5.10 Å². The van der Waals surface area contributed by atoms with Crippen molar-refractivity contribution in [3.63, 3.8) is 0 Å². The number of para-hydroxylation sites is 1. The number of rotatable bonds is 7. The molecular weight excluding hydrogens is 350 g/mol. The molecule has 0 aliphatic carbocycles. The van der Waals surface area contributed by atoms with E-state index in [9.17, 15) is 0 Å². The first-order valence-corrected chi connectivity index (χ1v) is 10.4. The lowest BCUT2D eigenvalue weighted by molar-refractivity contribution is 0.129. The number of hydrogen-bond donors (Lipinski definition) is 1. The highest BCUT2D eigenvalue weighted by atomic mass is 16.5. The minimum atomic E-state index is 0.285. The summed E-state index contributed by atoms with van der Waals surface area (Å²) in [5.74, 6) is 1.99. The molecule has 0 spiro atoms. The number of hydrogen-bond acceptors (Lipinski definition) is 3. The van der Waals surface area contributed by atoms with Gasteiger partial charge in [-0.25, -0.2) is 0 Å². The van der Waals surface area contributed by atoms with E-state index in [-0.39, 0.29) is 6.10 Å². The minimum Gasteiger partial charge on any atom is -0.490 e. The standard InChI is InChI=1S/C22H33N5O/c1-4-23-22(24-13-8-14-27-19(3)17-18(2)25-27)26-15-11-21(12-16-26)28-20-9-6-5-7-10-20/h5-7,9-10,17,21H,4,8,11-16H2,1-3H3,(H,23,24). The maximum atomic E-state index is 6.11. The van der Waals surface area contributed by atoms with Gasteiger partial charge < -0.3 is 15.0 Å². The summed E-state index contributed by atoms with van der Waals surface area (Å²) in [5, 5.41) is 7.97. The van der Waals surface area contributed by atoms with Gasteiger partial charge in [-0.1, -0.05) is 18.2 Å². The molecule has 1 aromatic carbocycles. The molecular formula is C22H33N5O. The lowest BCUT2D eigenvalue weighted by atomic mass is 10.1. The number of benzene rings is 1. The van der Waals surface area contributed by atoms with E-state index < -0.39 is 0 Å². The Balaban J connectivity index is 1.47. The van der Waals surface area contributed by atoms with E-state index in [0.29, 0.717) is 0 Å². The third-order valence-corrected chi connectivity index (χ3v) is 5.02. The number of aliphatic imine (C=N–C) groups is 1. The smallest absolute Gasteiger partial charge is 0.193 e. The Kier molecular flexibility index (Phi) is 7.34. The Morgan fingerprint density at radius 1 is 1.21 bits per heavy atom. The van der Waals surface area contributed by atoms with Crippen molar-refractivity contribution in [2.24, 2.45) is 4.99 Å². The molecule has 152 valence electrons. The fourth-order valence-corrected chi connectivity index (χ4v) is 3.61. The second-order valence-electron chi connectivity index (χ2n) is 7.36. The molecule has 1 aliphatic rings. The van der Waals surface area contributed by atoms with Crippen molar-refractivity contribution >= 4 is 5.96 Å². The van der Waals surface area contributed by atoms with Gasteiger partial charge in [0.1, 0.15) is 11.9 Å². The largest absolute Gasteiger partial charge is 0.490 e. The van der Waals surface area contributed by atoms with Gasteiger partial charge in [0, 0.05) is 51.3 Å². The monoisotopic (exact) mass is 383 g/mol. The molecule has 0 radical (unpaired) electrons. The van der Waals surface area contributed by atoms with E-state index in [1.54, 1.807) is 0 Å². The van der Waals surface area contributed by atoms with Crippen LogP contribution in [-0.4, -0.2) is 52.9 Å². The summed E-state index contributed by atoms with van der Waals surface area (Å²) in [4.78, 5) is 7.21. The van der Waals surface area contributed by atoms with Crippen LogP contribution in [0, 0.1) is 13.8 Å². The van der Waals surface area contributed by atoms with Gasteiger partial charge in [0.25, 0.3) is 0 Å². The van der Waals surface area contributed by atoms with Crippen molar-refractivity contribution in [1.82, 2.24) is 20.0 Å². The van der Waals surface area contributed by atoms with Crippen molar-refractivity contribution < 1.29 is 4.74 Å². The van der Waals surface area contributed by atoms with E-state index >= 15 is 0 Å². The van der Waals surface area contributed by atoms with Gasteiger partial charge in [-0.3, -0.25) is 9.67 Å². The third kappa shape index (κ3) is 5.75. The first-order valence-electron chi connectivity index (χ1n) is 10.4. The molecule has 1 aliphatic heterocycles. The van der Waals surface area contributed by atoms with Crippen LogP contribution in [-0.2, 0) is 6.54 Å². The fraction of sp³-hybridized carbons (Fsp3) is 0.545. The number of likely N-dealkylation sites (tertiary alicyclic amines) is 1. The van der Waals surface area contributed by atoms with E-state index in [1.165, 1.54) is 5.69 Å². The number of nitrogens with one attached hydrogen (secondary N) is 1. The predicted octanol–water partition coefficient (Wildman–Crippen LogP) is 3.40.